The first-order valence-electron chi connectivity index (χ1n) is 5.30. The van der Waals surface area contributed by atoms with Gasteiger partial charge in [0.15, 0.2) is 0 Å². The Morgan fingerprint density at radius 1 is 1.39 bits per heavy atom. The average molecular weight is 287 g/mol. The Morgan fingerprint density at radius 3 is 2.78 bits per heavy atom. The van der Waals surface area contributed by atoms with Gasteiger partial charge < -0.3 is 14.4 Å². The number of imidazole rings is 1. The van der Waals surface area contributed by atoms with Crippen molar-refractivity contribution in [2.45, 2.75) is 13.2 Å². The second-order valence-electron chi connectivity index (χ2n) is 3.73. The van der Waals surface area contributed by atoms with E-state index in [1.54, 1.807) is 36.0 Å². The maximum atomic E-state index is 9.22. The highest BCUT2D eigenvalue weighted by Gasteiger charge is 2.10. The molecule has 0 fully saturated rings. The number of hydrogen-bond acceptors (Lipinski definition) is 3. The summed E-state index contributed by atoms with van der Waals surface area (Å²) in [7, 11) is 1.80. The van der Waals surface area contributed by atoms with Crippen molar-refractivity contribution >= 4 is 23.2 Å². The SMILES string of the molecule is Cn1c(Cl)cnc1COc1c(Cl)cccc1CO. The molecule has 1 N–H and O–H groups in total. The summed E-state index contributed by atoms with van der Waals surface area (Å²) in [5.74, 6) is 1.16. The smallest absolute Gasteiger partial charge is 0.147 e. The van der Waals surface area contributed by atoms with Gasteiger partial charge in [-0.15, -0.1) is 0 Å². The Labute approximate surface area is 115 Å². The molecule has 0 spiro atoms. The third-order valence-electron chi connectivity index (χ3n) is 2.59. The molecule has 18 heavy (non-hydrogen) atoms. The highest BCUT2D eigenvalue weighted by atomic mass is 35.5. The van der Waals surface area contributed by atoms with Crippen LogP contribution in [0.15, 0.2) is 24.4 Å². The Kier molecular flexibility index (Phi) is 4.11. The molecular formula is C12H12Cl2N2O2. The van der Waals surface area contributed by atoms with Crippen LogP contribution in [0.1, 0.15) is 11.4 Å². The summed E-state index contributed by atoms with van der Waals surface area (Å²) in [4.78, 5) is 4.12. The van der Waals surface area contributed by atoms with Gasteiger partial charge in [-0.25, -0.2) is 4.98 Å². The molecule has 1 aromatic carbocycles. The first-order chi connectivity index (χ1) is 8.63. The molecule has 0 radical (unpaired) electrons. The molecule has 0 saturated heterocycles. The van der Waals surface area contributed by atoms with Crippen molar-refractivity contribution in [3.05, 3.63) is 46.0 Å². The molecule has 2 aromatic rings. The van der Waals surface area contributed by atoms with Gasteiger partial charge in [-0.1, -0.05) is 35.3 Å². The van der Waals surface area contributed by atoms with E-state index in [1.807, 2.05) is 0 Å². The van der Waals surface area contributed by atoms with E-state index in [0.717, 1.165) is 0 Å². The van der Waals surface area contributed by atoms with Gasteiger partial charge in [-0.3, -0.25) is 0 Å². The van der Waals surface area contributed by atoms with Crippen LogP contribution >= 0.6 is 23.2 Å². The first kappa shape index (κ1) is 13.2. The Bertz CT molecular complexity index is 555. The zero-order valence-electron chi connectivity index (χ0n) is 9.73. The van der Waals surface area contributed by atoms with Crippen LogP contribution in [0.5, 0.6) is 5.75 Å². The third-order valence-corrected chi connectivity index (χ3v) is 3.24. The molecule has 1 heterocycles. The van der Waals surface area contributed by atoms with Crippen molar-refractivity contribution < 1.29 is 9.84 Å². The van der Waals surface area contributed by atoms with Crippen molar-refractivity contribution in [3.8, 4) is 5.75 Å². The number of benzene rings is 1. The summed E-state index contributed by atoms with van der Waals surface area (Å²) in [5, 5.41) is 10.2. The molecule has 0 atom stereocenters. The first-order valence-corrected chi connectivity index (χ1v) is 6.06. The lowest BCUT2D eigenvalue weighted by molar-refractivity contribution is 0.254. The van der Waals surface area contributed by atoms with E-state index in [4.69, 9.17) is 27.9 Å². The van der Waals surface area contributed by atoms with Gasteiger partial charge in [-0.05, 0) is 6.07 Å². The largest absolute Gasteiger partial charge is 0.484 e. The molecule has 0 saturated carbocycles. The van der Waals surface area contributed by atoms with E-state index in [2.05, 4.69) is 4.98 Å². The normalized spacial score (nSPS) is 10.7. The van der Waals surface area contributed by atoms with Crippen molar-refractivity contribution in [2.75, 3.05) is 0 Å². The van der Waals surface area contributed by atoms with E-state index in [0.29, 0.717) is 27.3 Å². The topological polar surface area (TPSA) is 47.3 Å². The van der Waals surface area contributed by atoms with Gasteiger partial charge in [-0.2, -0.15) is 0 Å². The third kappa shape index (κ3) is 2.61. The summed E-state index contributed by atoms with van der Waals surface area (Å²) >= 11 is 11.9. The zero-order chi connectivity index (χ0) is 13.1. The fourth-order valence-electron chi connectivity index (χ4n) is 1.53. The van der Waals surface area contributed by atoms with Crippen LogP contribution in [0.4, 0.5) is 0 Å². The highest BCUT2D eigenvalue weighted by molar-refractivity contribution is 6.32. The van der Waals surface area contributed by atoms with E-state index in [-0.39, 0.29) is 13.2 Å². The fourth-order valence-corrected chi connectivity index (χ4v) is 1.93. The molecule has 0 aliphatic heterocycles. The predicted octanol–water partition coefficient (Wildman–Crippen LogP) is 2.80. The quantitative estimate of drug-likeness (QED) is 0.940. The Balaban J connectivity index is 2.18. The predicted molar refractivity (Wildman–Crippen MR) is 69.9 cm³/mol. The van der Waals surface area contributed by atoms with Crippen LogP contribution in [0.3, 0.4) is 0 Å². The summed E-state index contributed by atoms with van der Waals surface area (Å²) in [6.45, 7) is 0.108. The molecule has 0 bridgehead atoms. The van der Waals surface area contributed by atoms with Crippen molar-refractivity contribution in [3.63, 3.8) is 0 Å². The van der Waals surface area contributed by atoms with Crippen molar-refractivity contribution in [1.82, 2.24) is 9.55 Å². The minimum atomic E-state index is -0.128. The average Bonchev–Trinajstić information content (AvgIpc) is 2.68. The van der Waals surface area contributed by atoms with Crippen LogP contribution in [0.25, 0.3) is 0 Å². The lowest BCUT2D eigenvalue weighted by Gasteiger charge is -2.11. The zero-order valence-corrected chi connectivity index (χ0v) is 11.2. The van der Waals surface area contributed by atoms with Crippen molar-refractivity contribution in [1.29, 1.82) is 0 Å². The van der Waals surface area contributed by atoms with Crippen LogP contribution in [-0.4, -0.2) is 14.7 Å². The molecule has 6 heteroatoms. The van der Waals surface area contributed by atoms with Crippen LogP contribution < -0.4 is 4.74 Å². The highest BCUT2D eigenvalue weighted by Crippen LogP contribution is 2.29. The number of hydrogen-bond donors (Lipinski definition) is 1. The number of halogens is 2. The number of rotatable bonds is 4. The standard InChI is InChI=1S/C12H12Cl2N2O2/c1-16-10(14)5-15-11(16)7-18-12-8(6-17)3-2-4-9(12)13/h2-5,17H,6-7H2,1H3. The van der Waals surface area contributed by atoms with E-state index in [9.17, 15) is 5.11 Å². The fraction of sp³-hybridized carbons (Fsp3) is 0.250. The summed E-state index contributed by atoms with van der Waals surface area (Å²) in [6.07, 6.45) is 1.56. The number of aromatic nitrogens is 2. The molecule has 0 aliphatic carbocycles. The minimum Gasteiger partial charge on any atom is -0.484 e. The van der Waals surface area contributed by atoms with Gasteiger partial charge >= 0.3 is 0 Å². The summed E-state index contributed by atoms with van der Waals surface area (Å²) in [5.41, 5.74) is 0.641. The number of para-hydroxylation sites is 1. The maximum Gasteiger partial charge on any atom is 0.147 e. The lowest BCUT2D eigenvalue weighted by Crippen LogP contribution is -2.05. The van der Waals surface area contributed by atoms with Crippen LogP contribution in [-0.2, 0) is 20.3 Å². The van der Waals surface area contributed by atoms with Gasteiger partial charge in [0, 0.05) is 12.6 Å². The van der Waals surface area contributed by atoms with Crippen LogP contribution in [0, 0.1) is 0 Å². The van der Waals surface area contributed by atoms with Gasteiger partial charge in [0.05, 0.1) is 17.8 Å². The number of aliphatic hydroxyl groups excluding tert-OH is 1. The monoisotopic (exact) mass is 286 g/mol. The van der Waals surface area contributed by atoms with E-state index in [1.165, 1.54) is 0 Å². The number of nitrogens with zero attached hydrogens (tertiary/aromatic N) is 2. The summed E-state index contributed by atoms with van der Waals surface area (Å²) < 4.78 is 7.32. The number of aliphatic hydroxyl groups is 1. The Morgan fingerprint density at radius 2 is 2.17 bits per heavy atom. The second kappa shape index (κ2) is 5.61. The van der Waals surface area contributed by atoms with Crippen LogP contribution in [0.2, 0.25) is 10.2 Å². The molecule has 0 unspecified atom stereocenters. The van der Waals surface area contributed by atoms with Gasteiger partial charge in [0.25, 0.3) is 0 Å². The second-order valence-corrected chi connectivity index (χ2v) is 4.53. The lowest BCUT2D eigenvalue weighted by atomic mass is 10.2. The molecule has 0 aliphatic rings. The molecular weight excluding hydrogens is 275 g/mol. The van der Waals surface area contributed by atoms with E-state index < -0.39 is 0 Å². The van der Waals surface area contributed by atoms with Crippen molar-refractivity contribution in [2.24, 2.45) is 7.05 Å². The minimum absolute atomic E-state index is 0.128. The molecule has 0 amide bonds. The van der Waals surface area contributed by atoms with Gasteiger partial charge in [0.2, 0.25) is 0 Å². The van der Waals surface area contributed by atoms with Gasteiger partial charge in [0.1, 0.15) is 23.3 Å². The van der Waals surface area contributed by atoms with E-state index >= 15 is 0 Å². The summed E-state index contributed by atoms with van der Waals surface area (Å²) in [6, 6.07) is 5.23. The molecule has 4 nitrogen and oxygen atoms in total. The number of ether oxygens (including phenoxy) is 1. The Hall–Kier alpha value is -1.23. The molecule has 96 valence electrons. The molecule has 1 aromatic heterocycles. The maximum absolute atomic E-state index is 9.22. The molecule has 2 rings (SSSR count).